The van der Waals surface area contributed by atoms with Crippen LogP contribution in [-0.4, -0.2) is 4.57 Å². The van der Waals surface area contributed by atoms with Gasteiger partial charge in [0.05, 0.1) is 16.7 Å². The van der Waals surface area contributed by atoms with Crippen LogP contribution in [0.3, 0.4) is 0 Å². The van der Waals surface area contributed by atoms with E-state index < -0.39 is 0 Å². The molecular weight excluding hydrogens is 705 g/mol. The third-order valence-electron chi connectivity index (χ3n) is 12.5. The number of hydrogen-bond donors (Lipinski definition) is 0. The van der Waals surface area contributed by atoms with Gasteiger partial charge in [-0.05, 0) is 93.2 Å². The third-order valence-corrected chi connectivity index (χ3v) is 12.5. The first kappa shape index (κ1) is 32.8. The summed E-state index contributed by atoms with van der Waals surface area (Å²) in [6, 6.07) is 70.6. The van der Waals surface area contributed by atoms with Crippen molar-refractivity contribution in [3.05, 3.63) is 205 Å². The van der Waals surface area contributed by atoms with E-state index in [9.17, 15) is 0 Å². The molecule has 0 bridgehead atoms. The van der Waals surface area contributed by atoms with E-state index in [1.54, 1.807) is 0 Å². The third kappa shape index (κ3) is 4.68. The molecule has 0 amide bonds. The second kappa shape index (κ2) is 12.3. The summed E-state index contributed by atoms with van der Waals surface area (Å²) in [7, 11) is 0. The second-order valence-corrected chi connectivity index (χ2v) is 16.1. The summed E-state index contributed by atoms with van der Waals surface area (Å²) in [5.74, 6) is 0. The molecule has 9 aromatic carbocycles. The molecule has 0 saturated carbocycles. The summed E-state index contributed by atoms with van der Waals surface area (Å²) in [5, 5.41) is 7.07. The van der Waals surface area contributed by atoms with Gasteiger partial charge in [-0.25, -0.2) is 0 Å². The minimum atomic E-state index is -0.138. The largest absolute Gasteiger partial charge is 0.456 e. The van der Waals surface area contributed by atoms with Crippen LogP contribution in [0.4, 0.5) is 17.1 Å². The first-order valence-electron chi connectivity index (χ1n) is 20.1. The highest BCUT2D eigenvalue weighted by atomic mass is 16.3. The van der Waals surface area contributed by atoms with Crippen LogP contribution < -0.4 is 4.90 Å². The first-order chi connectivity index (χ1) is 28.5. The number of anilines is 3. The summed E-state index contributed by atoms with van der Waals surface area (Å²) in [5.41, 5.74) is 16.0. The van der Waals surface area contributed by atoms with Crippen LogP contribution in [0.25, 0.3) is 82.5 Å². The fourth-order valence-electron chi connectivity index (χ4n) is 9.91. The average Bonchev–Trinajstić information content (AvgIpc) is 3.89. The number of benzene rings is 9. The highest BCUT2D eigenvalue weighted by molar-refractivity contribution is 6.28. The van der Waals surface area contributed by atoms with Crippen molar-refractivity contribution in [2.75, 3.05) is 4.90 Å². The average molecular weight is 743 g/mol. The van der Waals surface area contributed by atoms with Gasteiger partial charge in [0.25, 0.3) is 0 Å². The number of furan rings is 1. The van der Waals surface area contributed by atoms with Gasteiger partial charge >= 0.3 is 0 Å². The lowest BCUT2D eigenvalue weighted by Gasteiger charge is -2.29. The SMILES string of the molecule is CC1(C)c2ccccc2-c2ccc(N(c3ccccc3)c3cccc4c5c(-c6ccc7ccccc7c6)c6c(cc5n(-c5ccccc5)c34)oc3ccccc36)cc21. The molecule has 58 heavy (non-hydrogen) atoms. The zero-order valence-electron chi connectivity index (χ0n) is 32.3. The van der Waals surface area contributed by atoms with E-state index in [2.05, 4.69) is 217 Å². The Morgan fingerprint density at radius 1 is 0.483 bits per heavy atom. The lowest BCUT2D eigenvalue weighted by atomic mass is 9.82. The Balaban J connectivity index is 1.23. The van der Waals surface area contributed by atoms with Crippen LogP contribution in [0.1, 0.15) is 25.0 Å². The Bertz CT molecular complexity index is 3430. The van der Waals surface area contributed by atoms with Gasteiger partial charge in [-0.3, -0.25) is 0 Å². The van der Waals surface area contributed by atoms with Gasteiger partial charge in [-0.2, -0.15) is 0 Å². The molecule has 0 spiro atoms. The van der Waals surface area contributed by atoms with Crippen LogP contribution in [-0.2, 0) is 5.41 Å². The Kier molecular flexibility index (Phi) is 6.98. The van der Waals surface area contributed by atoms with Gasteiger partial charge < -0.3 is 13.9 Å². The minimum Gasteiger partial charge on any atom is -0.456 e. The molecule has 2 heterocycles. The summed E-state index contributed by atoms with van der Waals surface area (Å²) in [4.78, 5) is 2.45. The van der Waals surface area contributed by atoms with Gasteiger partial charge in [0, 0.05) is 55.7 Å². The molecule has 2 aromatic heterocycles. The van der Waals surface area contributed by atoms with Crippen LogP contribution in [0.15, 0.2) is 199 Å². The maximum Gasteiger partial charge on any atom is 0.138 e. The molecule has 0 saturated heterocycles. The van der Waals surface area contributed by atoms with Crippen molar-refractivity contribution in [3.8, 4) is 27.9 Å². The van der Waals surface area contributed by atoms with E-state index in [4.69, 9.17) is 4.42 Å². The molecule has 3 heteroatoms. The van der Waals surface area contributed by atoms with Crippen LogP contribution in [0.2, 0.25) is 0 Å². The van der Waals surface area contributed by atoms with E-state index in [1.165, 1.54) is 54.9 Å². The molecule has 0 unspecified atom stereocenters. The smallest absolute Gasteiger partial charge is 0.138 e. The van der Waals surface area contributed by atoms with Crippen molar-refractivity contribution >= 4 is 71.6 Å². The van der Waals surface area contributed by atoms with Crippen molar-refractivity contribution in [2.24, 2.45) is 0 Å². The fourth-order valence-corrected chi connectivity index (χ4v) is 9.91. The predicted molar refractivity (Wildman–Crippen MR) is 243 cm³/mol. The molecule has 12 rings (SSSR count). The monoisotopic (exact) mass is 742 g/mol. The maximum absolute atomic E-state index is 6.78. The molecule has 0 aliphatic heterocycles. The number of fused-ring (bicyclic) bond motifs is 10. The lowest BCUT2D eigenvalue weighted by Crippen LogP contribution is -2.17. The molecular formula is C55H38N2O. The van der Waals surface area contributed by atoms with Crippen molar-refractivity contribution in [2.45, 2.75) is 19.3 Å². The summed E-state index contributed by atoms with van der Waals surface area (Å²) < 4.78 is 9.24. The standard InChI is InChI=1S/C55H38N2O/c1-55(2)45-25-13-11-22-41(45)42-31-30-40(33-46(42)55)56(38-18-5-3-6-19-38)47-26-15-24-44-52-48(57(54(44)47)39-20-7-4-8-21-39)34-50-53(43-23-12-14-27-49(43)58-50)51(52)37-29-28-35-16-9-10-17-36(35)32-37/h3-34H,1-2H3. The number of nitrogens with zero attached hydrogens (tertiary/aromatic N) is 2. The highest BCUT2D eigenvalue weighted by Gasteiger charge is 2.36. The molecule has 11 aromatic rings. The van der Waals surface area contributed by atoms with Gasteiger partial charge in [0.1, 0.15) is 11.2 Å². The predicted octanol–water partition coefficient (Wildman–Crippen LogP) is 15.3. The fraction of sp³-hybridized carbons (Fsp3) is 0.0545. The van der Waals surface area contributed by atoms with Crippen molar-refractivity contribution in [1.82, 2.24) is 4.57 Å². The second-order valence-electron chi connectivity index (χ2n) is 16.1. The molecule has 0 radical (unpaired) electrons. The van der Waals surface area contributed by atoms with E-state index in [0.29, 0.717) is 0 Å². The summed E-state index contributed by atoms with van der Waals surface area (Å²) in [6.07, 6.45) is 0. The zero-order chi connectivity index (χ0) is 38.5. The number of aromatic nitrogens is 1. The Labute approximate surface area is 336 Å². The van der Waals surface area contributed by atoms with Gasteiger partial charge in [-0.1, -0.05) is 147 Å². The number of rotatable bonds is 5. The number of hydrogen-bond acceptors (Lipinski definition) is 2. The van der Waals surface area contributed by atoms with E-state index in [-0.39, 0.29) is 5.41 Å². The topological polar surface area (TPSA) is 21.3 Å². The lowest BCUT2D eigenvalue weighted by molar-refractivity contribution is 0.660. The Morgan fingerprint density at radius 3 is 2.05 bits per heavy atom. The summed E-state index contributed by atoms with van der Waals surface area (Å²) >= 11 is 0. The normalized spacial score (nSPS) is 13.1. The van der Waals surface area contributed by atoms with Crippen molar-refractivity contribution in [1.29, 1.82) is 0 Å². The molecule has 1 aliphatic carbocycles. The summed E-state index contributed by atoms with van der Waals surface area (Å²) in [6.45, 7) is 4.71. The molecule has 0 atom stereocenters. The van der Waals surface area contributed by atoms with Crippen LogP contribution >= 0.6 is 0 Å². The van der Waals surface area contributed by atoms with E-state index >= 15 is 0 Å². The molecule has 0 fully saturated rings. The van der Waals surface area contributed by atoms with Crippen LogP contribution in [0.5, 0.6) is 0 Å². The van der Waals surface area contributed by atoms with Gasteiger partial charge in [0.2, 0.25) is 0 Å². The Hall–Kier alpha value is -7.36. The van der Waals surface area contributed by atoms with Crippen molar-refractivity contribution in [3.63, 3.8) is 0 Å². The first-order valence-corrected chi connectivity index (χ1v) is 20.1. The zero-order valence-corrected chi connectivity index (χ0v) is 32.3. The molecule has 1 aliphatic rings. The van der Waals surface area contributed by atoms with Gasteiger partial charge in [0.15, 0.2) is 0 Å². The van der Waals surface area contributed by atoms with Crippen molar-refractivity contribution < 1.29 is 4.42 Å². The Morgan fingerprint density at radius 2 is 1.19 bits per heavy atom. The van der Waals surface area contributed by atoms with Gasteiger partial charge in [-0.15, -0.1) is 0 Å². The van der Waals surface area contributed by atoms with Crippen LogP contribution in [0, 0.1) is 0 Å². The molecule has 3 nitrogen and oxygen atoms in total. The maximum atomic E-state index is 6.78. The minimum absolute atomic E-state index is 0.138. The number of para-hydroxylation sites is 4. The molecule has 274 valence electrons. The molecule has 0 N–H and O–H groups in total. The van der Waals surface area contributed by atoms with E-state index in [1.807, 2.05) is 0 Å². The van der Waals surface area contributed by atoms with E-state index in [0.717, 1.165) is 55.7 Å². The highest BCUT2D eigenvalue weighted by Crippen LogP contribution is 2.53. The quantitative estimate of drug-likeness (QED) is 0.175.